The molecule has 0 amide bonds. The predicted octanol–water partition coefficient (Wildman–Crippen LogP) is 1.92. The average molecular weight is 212 g/mol. The molecule has 0 aliphatic carbocycles. The molecule has 0 spiro atoms. The summed E-state index contributed by atoms with van der Waals surface area (Å²) in [5.41, 5.74) is 8.06. The molecule has 0 aliphatic rings. The number of thioether (sulfide) groups is 1. The number of rotatable bonds is 5. The van der Waals surface area contributed by atoms with Crippen LogP contribution in [0.25, 0.3) is 10.4 Å². The fourth-order valence-corrected chi connectivity index (χ4v) is 1.74. The molecule has 0 saturated carbocycles. The Kier molecular flexibility index (Phi) is 4.28. The Morgan fingerprint density at radius 1 is 1.57 bits per heavy atom. The van der Waals surface area contributed by atoms with Crippen LogP contribution >= 0.6 is 11.8 Å². The molecule has 0 aliphatic heterocycles. The van der Waals surface area contributed by atoms with Crippen molar-refractivity contribution in [3.05, 3.63) is 16.3 Å². The van der Waals surface area contributed by atoms with E-state index in [4.69, 9.17) is 5.53 Å². The van der Waals surface area contributed by atoms with Gasteiger partial charge in [0.05, 0.1) is 0 Å². The fraction of sp³-hybridized carbons (Fsp3) is 0.714. The van der Waals surface area contributed by atoms with E-state index in [0.29, 0.717) is 6.54 Å². The van der Waals surface area contributed by atoms with Crippen molar-refractivity contribution in [2.24, 2.45) is 12.2 Å². The molecule has 0 unspecified atom stereocenters. The number of azide groups is 1. The van der Waals surface area contributed by atoms with E-state index < -0.39 is 0 Å². The first-order chi connectivity index (χ1) is 6.75. The quantitative estimate of drug-likeness (QED) is 0.246. The molecule has 1 rings (SSSR count). The van der Waals surface area contributed by atoms with Crippen molar-refractivity contribution in [3.8, 4) is 0 Å². The van der Waals surface area contributed by atoms with Crippen molar-refractivity contribution in [2.75, 3.05) is 12.3 Å². The molecule has 0 N–H and O–H groups in total. The summed E-state index contributed by atoms with van der Waals surface area (Å²) in [6.07, 6.45) is 0.862. The van der Waals surface area contributed by atoms with E-state index in [1.807, 2.05) is 18.5 Å². The van der Waals surface area contributed by atoms with Gasteiger partial charge in [0.2, 0.25) is 0 Å². The lowest BCUT2D eigenvalue weighted by molar-refractivity contribution is 0.764. The van der Waals surface area contributed by atoms with Crippen molar-refractivity contribution in [3.63, 3.8) is 0 Å². The van der Waals surface area contributed by atoms with E-state index in [1.165, 1.54) is 0 Å². The maximum Gasteiger partial charge on any atom is 0.190 e. The minimum Gasteiger partial charge on any atom is -0.309 e. The van der Waals surface area contributed by atoms with E-state index in [9.17, 15) is 0 Å². The second-order valence-electron chi connectivity index (χ2n) is 2.75. The van der Waals surface area contributed by atoms with Crippen molar-refractivity contribution < 1.29 is 0 Å². The third-order valence-corrected chi connectivity index (χ3v) is 2.86. The van der Waals surface area contributed by atoms with Crippen LogP contribution in [-0.2, 0) is 7.05 Å². The van der Waals surface area contributed by atoms with E-state index >= 15 is 0 Å². The summed E-state index contributed by atoms with van der Waals surface area (Å²) >= 11 is 1.62. The number of hydrogen-bond acceptors (Lipinski definition) is 4. The van der Waals surface area contributed by atoms with Gasteiger partial charge in [-0.25, -0.2) is 0 Å². The summed E-state index contributed by atoms with van der Waals surface area (Å²) in [5, 5.41) is 12.3. The largest absolute Gasteiger partial charge is 0.309 e. The third-order valence-electron chi connectivity index (χ3n) is 1.75. The zero-order valence-corrected chi connectivity index (χ0v) is 9.03. The molecular formula is C7H12N6S. The van der Waals surface area contributed by atoms with Crippen LogP contribution in [0, 0.1) is 6.92 Å². The fourth-order valence-electron chi connectivity index (χ4n) is 0.857. The molecule has 1 aromatic heterocycles. The molecule has 1 aromatic rings. The first-order valence-electron chi connectivity index (χ1n) is 4.25. The SMILES string of the molecule is Cc1nnc(SCCCN=[N+]=[N-])n1C. The van der Waals surface area contributed by atoms with Crippen LogP contribution in [0.2, 0.25) is 0 Å². The van der Waals surface area contributed by atoms with Crippen molar-refractivity contribution in [1.82, 2.24) is 14.8 Å². The maximum atomic E-state index is 8.06. The van der Waals surface area contributed by atoms with E-state index in [0.717, 1.165) is 23.2 Å². The van der Waals surface area contributed by atoms with Crippen LogP contribution in [0.15, 0.2) is 10.3 Å². The molecular weight excluding hydrogens is 200 g/mol. The summed E-state index contributed by atoms with van der Waals surface area (Å²) in [7, 11) is 1.94. The van der Waals surface area contributed by atoms with Crippen LogP contribution in [-0.4, -0.2) is 27.1 Å². The van der Waals surface area contributed by atoms with Gasteiger partial charge in [-0.2, -0.15) is 0 Å². The van der Waals surface area contributed by atoms with E-state index in [1.54, 1.807) is 11.8 Å². The number of hydrogen-bond donors (Lipinski definition) is 0. The van der Waals surface area contributed by atoms with Gasteiger partial charge in [-0.3, -0.25) is 0 Å². The average Bonchev–Trinajstić information content (AvgIpc) is 2.49. The van der Waals surface area contributed by atoms with Crippen LogP contribution in [0.5, 0.6) is 0 Å². The maximum absolute atomic E-state index is 8.06. The Morgan fingerprint density at radius 2 is 2.36 bits per heavy atom. The monoisotopic (exact) mass is 212 g/mol. The Hall–Kier alpha value is -1.20. The van der Waals surface area contributed by atoms with Gasteiger partial charge in [-0.15, -0.1) is 10.2 Å². The minimum absolute atomic E-state index is 0.542. The lowest BCUT2D eigenvalue weighted by atomic mass is 10.5. The summed E-state index contributed by atoms with van der Waals surface area (Å²) in [6.45, 7) is 2.46. The van der Waals surface area contributed by atoms with Gasteiger partial charge in [0.1, 0.15) is 5.82 Å². The van der Waals surface area contributed by atoms with Gasteiger partial charge in [0, 0.05) is 24.3 Å². The van der Waals surface area contributed by atoms with Crippen LogP contribution < -0.4 is 0 Å². The van der Waals surface area contributed by atoms with Gasteiger partial charge >= 0.3 is 0 Å². The molecule has 1 heterocycles. The third kappa shape index (κ3) is 2.93. The Labute approximate surface area is 86.3 Å². The molecule has 0 radical (unpaired) electrons. The molecule has 0 aromatic carbocycles. The minimum atomic E-state index is 0.542. The lowest BCUT2D eigenvalue weighted by Gasteiger charge is -1.99. The van der Waals surface area contributed by atoms with Gasteiger partial charge in [0.15, 0.2) is 5.16 Å². The summed E-state index contributed by atoms with van der Waals surface area (Å²) in [4.78, 5) is 2.68. The molecule has 14 heavy (non-hydrogen) atoms. The molecule has 0 fully saturated rings. The molecule has 0 bridgehead atoms. The van der Waals surface area contributed by atoms with Gasteiger partial charge in [-0.1, -0.05) is 16.9 Å². The second kappa shape index (κ2) is 5.51. The van der Waals surface area contributed by atoms with Crippen molar-refractivity contribution in [1.29, 1.82) is 0 Å². The highest BCUT2D eigenvalue weighted by Crippen LogP contribution is 2.15. The van der Waals surface area contributed by atoms with Gasteiger partial charge in [0.25, 0.3) is 0 Å². The lowest BCUT2D eigenvalue weighted by Crippen LogP contribution is -1.94. The highest BCUT2D eigenvalue weighted by atomic mass is 32.2. The van der Waals surface area contributed by atoms with Crippen molar-refractivity contribution in [2.45, 2.75) is 18.5 Å². The molecule has 0 atom stereocenters. The Morgan fingerprint density at radius 3 is 2.93 bits per heavy atom. The molecule has 6 nitrogen and oxygen atoms in total. The standard InChI is InChI=1S/C7H12N6S/c1-6-10-11-7(13(6)2)14-5-3-4-9-12-8/h3-5H2,1-2H3. The smallest absolute Gasteiger partial charge is 0.190 e. The van der Waals surface area contributed by atoms with Crippen LogP contribution in [0.4, 0.5) is 0 Å². The molecule has 0 saturated heterocycles. The number of aryl methyl sites for hydroxylation is 1. The molecule has 76 valence electrons. The topological polar surface area (TPSA) is 79.5 Å². The summed E-state index contributed by atoms with van der Waals surface area (Å²) in [6, 6.07) is 0. The highest BCUT2D eigenvalue weighted by molar-refractivity contribution is 7.99. The number of nitrogens with zero attached hydrogens (tertiary/aromatic N) is 6. The Bertz CT molecular complexity index is 340. The van der Waals surface area contributed by atoms with Crippen molar-refractivity contribution >= 4 is 11.8 Å². The highest BCUT2D eigenvalue weighted by Gasteiger charge is 2.03. The van der Waals surface area contributed by atoms with Crippen LogP contribution in [0.1, 0.15) is 12.2 Å². The molecule has 7 heteroatoms. The zero-order valence-electron chi connectivity index (χ0n) is 8.21. The summed E-state index contributed by atoms with van der Waals surface area (Å²) < 4.78 is 1.94. The van der Waals surface area contributed by atoms with E-state index in [2.05, 4.69) is 20.2 Å². The van der Waals surface area contributed by atoms with E-state index in [-0.39, 0.29) is 0 Å². The van der Waals surface area contributed by atoms with Crippen LogP contribution in [0.3, 0.4) is 0 Å². The summed E-state index contributed by atoms with van der Waals surface area (Å²) in [5.74, 6) is 1.80. The second-order valence-corrected chi connectivity index (χ2v) is 3.81. The zero-order chi connectivity index (χ0) is 10.4. The normalized spacial score (nSPS) is 9.86. The van der Waals surface area contributed by atoms with Gasteiger partial charge < -0.3 is 4.57 Å². The predicted molar refractivity (Wildman–Crippen MR) is 55.1 cm³/mol. The number of aromatic nitrogens is 3. The first kappa shape index (κ1) is 10.9. The Balaban J connectivity index is 2.31. The van der Waals surface area contributed by atoms with Gasteiger partial charge in [-0.05, 0) is 18.9 Å². The first-order valence-corrected chi connectivity index (χ1v) is 5.24.